The highest BCUT2D eigenvalue weighted by atomic mass is 15.3. The largest absolute Gasteiger partial charge is 0.341 e. The minimum atomic E-state index is 0.348. The van der Waals surface area contributed by atoms with Crippen LogP contribution >= 0.6 is 0 Å². The van der Waals surface area contributed by atoms with E-state index in [1.54, 1.807) is 0 Å². The Morgan fingerprint density at radius 2 is 2.17 bits per heavy atom. The highest BCUT2D eigenvalue weighted by molar-refractivity contribution is 5.64. The number of allylic oxidation sites excluding steroid dienone is 1. The second-order valence-electron chi connectivity index (χ2n) is 5.23. The summed E-state index contributed by atoms with van der Waals surface area (Å²) in [6.45, 7) is 6.48. The number of hydrogen-bond donors (Lipinski definition) is 3. The van der Waals surface area contributed by atoms with Crippen LogP contribution in [0.25, 0.3) is 0 Å². The van der Waals surface area contributed by atoms with Crippen molar-refractivity contribution in [1.29, 1.82) is 0 Å². The van der Waals surface area contributed by atoms with E-state index in [1.165, 1.54) is 29.7 Å². The molecule has 4 N–H and O–H groups in total. The molecule has 18 heavy (non-hydrogen) atoms. The van der Waals surface area contributed by atoms with E-state index in [2.05, 4.69) is 42.8 Å². The zero-order valence-corrected chi connectivity index (χ0v) is 11.5. The number of benzene rings is 1. The van der Waals surface area contributed by atoms with Crippen LogP contribution in [-0.4, -0.2) is 0 Å². The molecule has 0 aliphatic heterocycles. The van der Waals surface area contributed by atoms with Crippen molar-refractivity contribution in [1.82, 2.24) is 5.43 Å². The maximum atomic E-state index is 5.52. The molecule has 0 heterocycles. The summed E-state index contributed by atoms with van der Waals surface area (Å²) in [6, 6.07) is 6.58. The molecule has 1 aromatic rings. The summed E-state index contributed by atoms with van der Waals surface area (Å²) in [5, 5.41) is 3.44. The van der Waals surface area contributed by atoms with Gasteiger partial charge in [0.1, 0.15) is 5.82 Å². The lowest BCUT2D eigenvalue weighted by Crippen LogP contribution is -2.27. The summed E-state index contributed by atoms with van der Waals surface area (Å²) in [5.74, 6) is 6.37. The van der Waals surface area contributed by atoms with Crippen molar-refractivity contribution < 1.29 is 0 Å². The van der Waals surface area contributed by atoms with Crippen LogP contribution in [0.4, 0.5) is 5.69 Å². The molecular weight excluding hydrogens is 222 g/mol. The van der Waals surface area contributed by atoms with Crippen LogP contribution in [0.1, 0.15) is 44.7 Å². The summed E-state index contributed by atoms with van der Waals surface area (Å²) in [6.07, 6.45) is 5.52. The molecule has 0 amide bonds. The van der Waals surface area contributed by atoms with E-state index in [-0.39, 0.29) is 0 Å². The van der Waals surface area contributed by atoms with E-state index in [4.69, 9.17) is 5.84 Å². The zero-order valence-electron chi connectivity index (χ0n) is 11.5. The van der Waals surface area contributed by atoms with Gasteiger partial charge in [-0.25, -0.2) is 5.84 Å². The maximum absolute atomic E-state index is 5.52. The summed E-state index contributed by atoms with van der Waals surface area (Å²) < 4.78 is 0. The average molecular weight is 245 g/mol. The van der Waals surface area contributed by atoms with Gasteiger partial charge in [0, 0.05) is 5.69 Å². The predicted octanol–water partition coefficient (Wildman–Crippen LogP) is 3.04. The first-order valence-corrected chi connectivity index (χ1v) is 6.67. The third-order valence-corrected chi connectivity index (χ3v) is 3.89. The molecule has 0 spiro atoms. The Morgan fingerprint density at radius 1 is 1.44 bits per heavy atom. The number of nitrogens with one attached hydrogen (secondary N) is 2. The van der Waals surface area contributed by atoms with Gasteiger partial charge < -0.3 is 10.7 Å². The molecule has 0 bridgehead atoms. The van der Waals surface area contributed by atoms with Crippen molar-refractivity contribution in [2.75, 3.05) is 5.32 Å². The highest BCUT2D eigenvalue weighted by Crippen LogP contribution is 2.50. The van der Waals surface area contributed by atoms with Crippen molar-refractivity contribution in [3.63, 3.8) is 0 Å². The van der Waals surface area contributed by atoms with Gasteiger partial charge in [-0.15, -0.1) is 0 Å². The first-order chi connectivity index (χ1) is 8.64. The van der Waals surface area contributed by atoms with Gasteiger partial charge in [0.25, 0.3) is 0 Å². The standard InChI is InChI=1S/C15H23N3/c1-4-11-7-6-8-12(15(3)9-10-15)14(11)17-13(5-2)18-16/h5-8,17-18H,4,9-10,16H2,1-3H3/b13-5+. The van der Waals surface area contributed by atoms with Crippen molar-refractivity contribution >= 4 is 5.69 Å². The minimum Gasteiger partial charge on any atom is -0.341 e. The zero-order chi connectivity index (χ0) is 13.2. The van der Waals surface area contributed by atoms with Gasteiger partial charge in [0.15, 0.2) is 0 Å². The van der Waals surface area contributed by atoms with Gasteiger partial charge in [-0.05, 0) is 48.8 Å². The van der Waals surface area contributed by atoms with E-state index in [0.29, 0.717) is 5.41 Å². The molecule has 0 unspecified atom stereocenters. The van der Waals surface area contributed by atoms with Crippen LogP contribution in [-0.2, 0) is 11.8 Å². The molecule has 0 radical (unpaired) electrons. The molecule has 0 saturated heterocycles. The molecule has 1 aromatic carbocycles. The van der Waals surface area contributed by atoms with Gasteiger partial charge in [0.05, 0.1) is 0 Å². The van der Waals surface area contributed by atoms with Crippen LogP contribution in [0.2, 0.25) is 0 Å². The van der Waals surface area contributed by atoms with Crippen LogP contribution in [0.3, 0.4) is 0 Å². The smallest absolute Gasteiger partial charge is 0.113 e. The lowest BCUT2D eigenvalue weighted by molar-refractivity contribution is 0.784. The van der Waals surface area contributed by atoms with Crippen LogP contribution in [0, 0.1) is 0 Å². The number of hydrazine groups is 1. The quantitative estimate of drug-likeness (QED) is 0.552. The van der Waals surface area contributed by atoms with Crippen molar-refractivity contribution in [3.8, 4) is 0 Å². The first kappa shape index (κ1) is 13.0. The van der Waals surface area contributed by atoms with Crippen molar-refractivity contribution in [3.05, 3.63) is 41.2 Å². The number of rotatable bonds is 5. The summed E-state index contributed by atoms with van der Waals surface area (Å²) in [7, 11) is 0. The Bertz CT molecular complexity index is 459. The number of aryl methyl sites for hydroxylation is 1. The third kappa shape index (κ3) is 2.36. The van der Waals surface area contributed by atoms with Crippen molar-refractivity contribution in [2.45, 2.75) is 45.4 Å². The second kappa shape index (κ2) is 5.02. The molecular formula is C15H23N3. The van der Waals surface area contributed by atoms with Gasteiger partial charge in [-0.1, -0.05) is 32.0 Å². The molecule has 1 aliphatic carbocycles. The number of hydrogen-bond acceptors (Lipinski definition) is 3. The summed E-state index contributed by atoms with van der Waals surface area (Å²) >= 11 is 0. The summed E-state index contributed by atoms with van der Waals surface area (Å²) in [4.78, 5) is 0. The van der Waals surface area contributed by atoms with E-state index in [0.717, 1.165) is 12.2 Å². The van der Waals surface area contributed by atoms with E-state index < -0.39 is 0 Å². The predicted molar refractivity (Wildman–Crippen MR) is 77.1 cm³/mol. The first-order valence-electron chi connectivity index (χ1n) is 6.67. The molecule has 0 atom stereocenters. The van der Waals surface area contributed by atoms with Crippen molar-refractivity contribution in [2.24, 2.45) is 5.84 Å². The van der Waals surface area contributed by atoms with Gasteiger partial charge in [0.2, 0.25) is 0 Å². The Balaban J connectivity index is 2.41. The monoisotopic (exact) mass is 245 g/mol. The number of anilines is 1. The Morgan fingerprint density at radius 3 is 2.67 bits per heavy atom. The fourth-order valence-electron chi connectivity index (χ4n) is 2.33. The molecule has 3 heteroatoms. The molecule has 98 valence electrons. The fourth-order valence-corrected chi connectivity index (χ4v) is 2.33. The Hall–Kier alpha value is -1.48. The number of para-hydroxylation sites is 1. The molecule has 1 saturated carbocycles. The molecule has 0 aromatic heterocycles. The SMILES string of the molecule is C/C=C(/NN)Nc1c(CC)cccc1C1(C)CC1. The third-order valence-electron chi connectivity index (χ3n) is 3.89. The lowest BCUT2D eigenvalue weighted by Gasteiger charge is -2.21. The van der Waals surface area contributed by atoms with E-state index >= 15 is 0 Å². The normalized spacial score (nSPS) is 17.4. The Kier molecular flexibility index (Phi) is 3.62. The average Bonchev–Trinajstić information content (AvgIpc) is 3.14. The topological polar surface area (TPSA) is 50.1 Å². The summed E-state index contributed by atoms with van der Waals surface area (Å²) in [5.41, 5.74) is 7.03. The molecule has 2 rings (SSSR count). The molecule has 1 aliphatic rings. The van der Waals surface area contributed by atoms with Gasteiger partial charge in [-0.3, -0.25) is 0 Å². The highest BCUT2D eigenvalue weighted by Gasteiger charge is 2.41. The van der Waals surface area contributed by atoms with Crippen LogP contribution < -0.4 is 16.6 Å². The second-order valence-corrected chi connectivity index (χ2v) is 5.23. The van der Waals surface area contributed by atoms with E-state index in [9.17, 15) is 0 Å². The lowest BCUT2D eigenvalue weighted by atomic mass is 9.93. The fraction of sp³-hybridized carbons (Fsp3) is 0.467. The Labute approximate surface area is 109 Å². The molecule has 3 nitrogen and oxygen atoms in total. The van der Waals surface area contributed by atoms with Gasteiger partial charge in [-0.2, -0.15) is 0 Å². The van der Waals surface area contributed by atoms with Crippen LogP contribution in [0.5, 0.6) is 0 Å². The van der Waals surface area contributed by atoms with Crippen LogP contribution in [0.15, 0.2) is 30.1 Å². The van der Waals surface area contributed by atoms with Gasteiger partial charge >= 0.3 is 0 Å². The maximum Gasteiger partial charge on any atom is 0.113 e. The molecule has 1 fully saturated rings. The van der Waals surface area contributed by atoms with E-state index in [1.807, 2.05) is 13.0 Å². The minimum absolute atomic E-state index is 0.348. The number of nitrogens with two attached hydrogens (primary N) is 1.